The standard InChI is InChI=1S/C17H22ClN3/c1-3-15(19)10-13-8-9-17(20-11-13)21(2)12-14-6-4-5-7-16(14)18/h4-9,11,15H,3,10,12,19H2,1-2H3. The summed E-state index contributed by atoms with van der Waals surface area (Å²) >= 11 is 6.19. The fraction of sp³-hybridized carbons (Fsp3) is 0.353. The normalized spacial score (nSPS) is 12.2. The van der Waals surface area contributed by atoms with Crippen LogP contribution in [0.25, 0.3) is 0 Å². The predicted molar refractivity (Wildman–Crippen MR) is 89.8 cm³/mol. The lowest BCUT2D eigenvalue weighted by molar-refractivity contribution is 0.645. The predicted octanol–water partition coefficient (Wildman–Crippen LogP) is 3.65. The number of pyridine rings is 1. The van der Waals surface area contributed by atoms with Crippen molar-refractivity contribution in [3.8, 4) is 0 Å². The molecule has 1 aromatic carbocycles. The van der Waals surface area contributed by atoms with Gasteiger partial charge < -0.3 is 10.6 Å². The van der Waals surface area contributed by atoms with Crippen LogP contribution in [-0.2, 0) is 13.0 Å². The Kier molecular flexibility index (Phi) is 5.59. The van der Waals surface area contributed by atoms with Crippen LogP contribution < -0.4 is 10.6 Å². The zero-order chi connectivity index (χ0) is 15.2. The van der Waals surface area contributed by atoms with E-state index < -0.39 is 0 Å². The van der Waals surface area contributed by atoms with E-state index in [1.807, 2.05) is 43.6 Å². The number of nitrogens with two attached hydrogens (primary N) is 1. The Hall–Kier alpha value is -1.58. The molecular formula is C17H22ClN3. The Morgan fingerprint density at radius 3 is 2.62 bits per heavy atom. The smallest absolute Gasteiger partial charge is 0.128 e. The molecule has 1 aromatic heterocycles. The van der Waals surface area contributed by atoms with E-state index in [4.69, 9.17) is 17.3 Å². The molecule has 0 aliphatic carbocycles. The van der Waals surface area contributed by atoms with Crippen molar-refractivity contribution >= 4 is 17.4 Å². The minimum atomic E-state index is 0.207. The fourth-order valence-corrected chi connectivity index (χ4v) is 2.37. The van der Waals surface area contributed by atoms with E-state index in [0.717, 1.165) is 35.8 Å². The van der Waals surface area contributed by atoms with Gasteiger partial charge in [0.15, 0.2) is 0 Å². The Morgan fingerprint density at radius 2 is 2.00 bits per heavy atom. The molecule has 0 bridgehead atoms. The molecule has 0 radical (unpaired) electrons. The van der Waals surface area contributed by atoms with Crippen molar-refractivity contribution in [3.63, 3.8) is 0 Å². The van der Waals surface area contributed by atoms with E-state index in [-0.39, 0.29) is 6.04 Å². The highest BCUT2D eigenvalue weighted by atomic mass is 35.5. The Labute approximate surface area is 131 Å². The SMILES string of the molecule is CCC(N)Cc1ccc(N(C)Cc2ccccc2Cl)nc1. The summed E-state index contributed by atoms with van der Waals surface area (Å²) in [5.41, 5.74) is 8.25. The molecule has 2 rings (SSSR count). The van der Waals surface area contributed by atoms with Gasteiger partial charge in [0.2, 0.25) is 0 Å². The van der Waals surface area contributed by atoms with Crippen molar-refractivity contribution in [1.29, 1.82) is 0 Å². The van der Waals surface area contributed by atoms with Crippen LogP contribution in [0.5, 0.6) is 0 Å². The number of aromatic nitrogens is 1. The zero-order valence-corrected chi connectivity index (χ0v) is 13.3. The maximum Gasteiger partial charge on any atom is 0.128 e. The van der Waals surface area contributed by atoms with Gasteiger partial charge in [0.25, 0.3) is 0 Å². The number of hydrogen-bond acceptors (Lipinski definition) is 3. The second-order valence-corrected chi connectivity index (χ2v) is 5.75. The number of rotatable bonds is 6. The highest BCUT2D eigenvalue weighted by molar-refractivity contribution is 6.31. The summed E-state index contributed by atoms with van der Waals surface area (Å²) in [6.07, 6.45) is 3.76. The van der Waals surface area contributed by atoms with E-state index >= 15 is 0 Å². The summed E-state index contributed by atoms with van der Waals surface area (Å²) in [5, 5.41) is 0.787. The van der Waals surface area contributed by atoms with E-state index in [1.54, 1.807) is 0 Å². The molecular weight excluding hydrogens is 282 g/mol. The van der Waals surface area contributed by atoms with Gasteiger partial charge in [-0.05, 0) is 36.1 Å². The zero-order valence-electron chi connectivity index (χ0n) is 12.6. The van der Waals surface area contributed by atoms with E-state index in [9.17, 15) is 0 Å². The molecule has 2 N–H and O–H groups in total. The van der Waals surface area contributed by atoms with Gasteiger partial charge in [0.1, 0.15) is 5.82 Å². The first-order valence-electron chi connectivity index (χ1n) is 7.25. The van der Waals surface area contributed by atoms with Crippen LogP contribution in [0, 0.1) is 0 Å². The number of hydrogen-bond donors (Lipinski definition) is 1. The highest BCUT2D eigenvalue weighted by Crippen LogP contribution is 2.19. The second kappa shape index (κ2) is 7.43. The Morgan fingerprint density at radius 1 is 1.24 bits per heavy atom. The lowest BCUT2D eigenvalue weighted by Gasteiger charge is -2.19. The molecule has 0 saturated heterocycles. The molecule has 21 heavy (non-hydrogen) atoms. The van der Waals surface area contributed by atoms with Gasteiger partial charge in [0.05, 0.1) is 0 Å². The van der Waals surface area contributed by atoms with E-state index in [1.165, 1.54) is 5.56 Å². The highest BCUT2D eigenvalue weighted by Gasteiger charge is 2.07. The third-order valence-electron chi connectivity index (χ3n) is 3.59. The molecule has 0 spiro atoms. The fourth-order valence-electron chi connectivity index (χ4n) is 2.17. The molecule has 1 atom stereocenters. The lowest BCUT2D eigenvalue weighted by Crippen LogP contribution is -2.22. The van der Waals surface area contributed by atoms with Crippen LogP contribution in [-0.4, -0.2) is 18.1 Å². The van der Waals surface area contributed by atoms with Crippen LogP contribution in [0.3, 0.4) is 0 Å². The van der Waals surface area contributed by atoms with Gasteiger partial charge in [-0.25, -0.2) is 4.98 Å². The average molecular weight is 304 g/mol. The molecule has 0 aliphatic heterocycles. The molecule has 0 saturated carbocycles. The summed E-state index contributed by atoms with van der Waals surface area (Å²) in [7, 11) is 2.02. The lowest BCUT2D eigenvalue weighted by atomic mass is 10.1. The van der Waals surface area contributed by atoms with Gasteiger partial charge in [-0.3, -0.25) is 0 Å². The largest absolute Gasteiger partial charge is 0.355 e. The molecule has 112 valence electrons. The monoisotopic (exact) mass is 303 g/mol. The van der Waals surface area contributed by atoms with Crippen molar-refractivity contribution in [2.45, 2.75) is 32.4 Å². The van der Waals surface area contributed by atoms with Crippen LogP contribution in [0.2, 0.25) is 5.02 Å². The van der Waals surface area contributed by atoms with E-state index in [0.29, 0.717) is 0 Å². The molecule has 1 unspecified atom stereocenters. The van der Waals surface area contributed by atoms with Gasteiger partial charge in [-0.1, -0.05) is 42.8 Å². The molecule has 4 heteroatoms. The summed E-state index contributed by atoms with van der Waals surface area (Å²) < 4.78 is 0. The molecule has 0 aliphatic rings. The molecule has 2 aromatic rings. The molecule has 3 nitrogen and oxygen atoms in total. The first kappa shape index (κ1) is 15.8. The van der Waals surface area contributed by atoms with E-state index in [2.05, 4.69) is 22.9 Å². The summed E-state index contributed by atoms with van der Waals surface area (Å²) in [6, 6.07) is 12.2. The third kappa shape index (κ3) is 4.45. The van der Waals surface area contributed by atoms with Gasteiger partial charge in [-0.15, -0.1) is 0 Å². The average Bonchev–Trinajstić information content (AvgIpc) is 2.50. The van der Waals surface area contributed by atoms with Crippen molar-refractivity contribution in [1.82, 2.24) is 4.98 Å². The van der Waals surface area contributed by atoms with Gasteiger partial charge in [-0.2, -0.15) is 0 Å². The summed E-state index contributed by atoms with van der Waals surface area (Å²) in [4.78, 5) is 6.61. The summed E-state index contributed by atoms with van der Waals surface area (Å²) in [6.45, 7) is 2.84. The van der Waals surface area contributed by atoms with Gasteiger partial charge >= 0.3 is 0 Å². The minimum Gasteiger partial charge on any atom is -0.355 e. The van der Waals surface area contributed by atoms with Crippen molar-refractivity contribution < 1.29 is 0 Å². The first-order chi connectivity index (χ1) is 10.1. The van der Waals surface area contributed by atoms with Crippen LogP contribution in [0.4, 0.5) is 5.82 Å². The molecule has 0 amide bonds. The second-order valence-electron chi connectivity index (χ2n) is 5.34. The summed E-state index contributed by atoms with van der Waals surface area (Å²) in [5.74, 6) is 0.934. The van der Waals surface area contributed by atoms with Crippen LogP contribution in [0.1, 0.15) is 24.5 Å². The Balaban J connectivity index is 2.03. The van der Waals surface area contributed by atoms with Crippen molar-refractivity contribution in [3.05, 3.63) is 58.7 Å². The number of halogens is 1. The Bertz CT molecular complexity index is 569. The number of anilines is 1. The number of nitrogens with zero attached hydrogens (tertiary/aromatic N) is 2. The topological polar surface area (TPSA) is 42.1 Å². The van der Waals surface area contributed by atoms with Crippen molar-refractivity contribution in [2.24, 2.45) is 5.73 Å². The molecule has 1 heterocycles. The van der Waals surface area contributed by atoms with Crippen LogP contribution in [0.15, 0.2) is 42.6 Å². The van der Waals surface area contributed by atoms with Crippen molar-refractivity contribution in [2.75, 3.05) is 11.9 Å². The third-order valence-corrected chi connectivity index (χ3v) is 3.96. The quantitative estimate of drug-likeness (QED) is 0.885. The molecule has 0 fully saturated rings. The van der Waals surface area contributed by atoms with Gasteiger partial charge in [0, 0.05) is 30.9 Å². The maximum absolute atomic E-state index is 6.19. The van der Waals surface area contributed by atoms with Crippen LogP contribution >= 0.6 is 11.6 Å². The minimum absolute atomic E-state index is 0.207. The maximum atomic E-state index is 6.19. The first-order valence-corrected chi connectivity index (χ1v) is 7.63. The number of benzene rings is 1.